The molecule has 54 heavy (non-hydrogen) atoms. The van der Waals surface area contributed by atoms with Crippen LogP contribution >= 0.6 is 15.9 Å². The number of aryl methyl sites for hydroxylation is 5. The molecule has 11 heteroatoms. The van der Waals surface area contributed by atoms with Crippen LogP contribution in [-0.4, -0.2) is 78.7 Å². The maximum atomic E-state index is 5.34. The van der Waals surface area contributed by atoms with Gasteiger partial charge in [0.05, 0.1) is 73.0 Å². The van der Waals surface area contributed by atoms with E-state index in [-0.39, 0.29) is 19.5 Å². The fourth-order valence-corrected chi connectivity index (χ4v) is 7.10. The predicted octanol–water partition coefficient (Wildman–Crippen LogP) is 9.94. The van der Waals surface area contributed by atoms with E-state index in [0.29, 0.717) is 31.5 Å². The van der Waals surface area contributed by atoms with Gasteiger partial charge in [0.1, 0.15) is 4.60 Å². The molecule has 2 atom stereocenters. The average molecular weight is 804 g/mol. The molecule has 0 aliphatic rings. The summed E-state index contributed by atoms with van der Waals surface area (Å²) in [7, 11) is 6.72. The highest BCUT2D eigenvalue weighted by Crippen LogP contribution is 2.35. The summed E-state index contributed by atoms with van der Waals surface area (Å²) in [5.41, 5.74) is 12.6. The molecule has 10 nitrogen and oxygen atoms in total. The summed E-state index contributed by atoms with van der Waals surface area (Å²) in [5, 5.41) is 0. The molecule has 5 aromatic heterocycles. The van der Waals surface area contributed by atoms with Crippen LogP contribution in [-0.2, 0) is 22.3 Å². The van der Waals surface area contributed by atoms with Crippen LogP contribution in [0.1, 0.15) is 69.2 Å². The number of hydrogen-bond acceptors (Lipinski definition) is 9. The number of rotatable bonds is 15. The molecule has 0 aliphatic carbocycles. The van der Waals surface area contributed by atoms with Gasteiger partial charge in [-0.15, -0.1) is 6.58 Å². The van der Waals surface area contributed by atoms with Crippen LogP contribution in [0.5, 0.6) is 11.8 Å². The molecule has 0 saturated heterocycles. The Morgan fingerprint density at radius 2 is 1.31 bits per heavy atom. The molecule has 0 fully saturated rings. The van der Waals surface area contributed by atoms with E-state index < -0.39 is 0 Å². The third kappa shape index (κ3) is 9.85. The number of methoxy groups -OCH3 is 4. The second kappa shape index (κ2) is 20.4. The number of aromatic nitrogens is 5. The molecule has 0 aromatic carbocycles. The van der Waals surface area contributed by atoms with E-state index in [1.165, 1.54) is 5.56 Å². The first kappa shape index (κ1) is 44.1. The van der Waals surface area contributed by atoms with E-state index >= 15 is 0 Å². The second-order valence-electron chi connectivity index (χ2n) is 13.2. The SMILES string of the molecule is C.C=CCN(c1cc(C)c(-c2ccc(OC)nc2CC)nc1Br)[C@@H](C)COC.CCc1nc(OC)ccc1-c1nc2c(C)cn([C@@H](C)COC)c2cc1C. The summed E-state index contributed by atoms with van der Waals surface area (Å²) in [5.74, 6) is 1.26. The molecule has 0 N–H and O–H groups in total. The van der Waals surface area contributed by atoms with E-state index in [1.807, 2.05) is 24.3 Å². The van der Waals surface area contributed by atoms with Crippen molar-refractivity contribution in [2.45, 2.75) is 80.8 Å². The summed E-state index contributed by atoms with van der Waals surface area (Å²) < 4.78 is 24.3. The Labute approximate surface area is 331 Å². The van der Waals surface area contributed by atoms with Gasteiger partial charge in [-0.05, 0) is 104 Å². The molecule has 0 radical (unpaired) electrons. The topological polar surface area (TPSA) is 96.7 Å². The van der Waals surface area contributed by atoms with Crippen molar-refractivity contribution in [2.75, 3.05) is 53.1 Å². The number of anilines is 1. The highest BCUT2D eigenvalue weighted by molar-refractivity contribution is 9.10. The lowest BCUT2D eigenvalue weighted by Crippen LogP contribution is -2.36. The van der Waals surface area contributed by atoms with Gasteiger partial charge >= 0.3 is 0 Å². The van der Waals surface area contributed by atoms with E-state index in [2.05, 4.69) is 115 Å². The molecule has 0 bridgehead atoms. The molecule has 5 rings (SSSR count). The Hall–Kier alpha value is -4.32. The van der Waals surface area contributed by atoms with Gasteiger partial charge < -0.3 is 28.4 Å². The number of ether oxygens (including phenoxy) is 4. The minimum absolute atomic E-state index is 0. The van der Waals surface area contributed by atoms with Gasteiger partial charge in [0.15, 0.2) is 0 Å². The first-order chi connectivity index (χ1) is 25.5. The second-order valence-corrected chi connectivity index (χ2v) is 13.9. The first-order valence-electron chi connectivity index (χ1n) is 18.1. The highest BCUT2D eigenvalue weighted by Gasteiger charge is 2.21. The van der Waals surface area contributed by atoms with Gasteiger partial charge in [-0.2, -0.15) is 0 Å². The lowest BCUT2D eigenvalue weighted by Gasteiger charge is -2.31. The first-order valence-corrected chi connectivity index (χ1v) is 18.9. The van der Waals surface area contributed by atoms with Crippen LogP contribution in [0.15, 0.2) is 59.9 Å². The maximum absolute atomic E-state index is 5.34. The standard InChI is InChI=1S/C21H28BrN3O2.C21H27N3O2.CH4/c1-7-11-25(15(4)13-26-5)18-12-14(3)20(24-21(18)22)16-9-10-19(27-6)23-17(16)8-2;1-7-17-16(8-9-19(22-17)26-6)20-13(2)10-18-21(23-20)14(3)11-24(18)15(4)12-25-5;/h7,9-10,12,15H,1,8,11,13H2,2-6H3;8-11,15H,7,12H2,1-6H3;1H4/t2*15-;/m00./s1. The Morgan fingerprint density at radius 1 is 0.778 bits per heavy atom. The van der Waals surface area contributed by atoms with Crippen molar-refractivity contribution in [1.29, 1.82) is 0 Å². The molecular formula is C43H59BrN6O4. The molecule has 292 valence electrons. The highest BCUT2D eigenvalue weighted by atomic mass is 79.9. The minimum atomic E-state index is 0. The van der Waals surface area contributed by atoms with Crippen LogP contribution in [0.3, 0.4) is 0 Å². The lowest BCUT2D eigenvalue weighted by atomic mass is 10.0. The molecule has 0 unspecified atom stereocenters. The fraction of sp³-hybridized carbons (Fsp3) is 0.442. The molecule has 0 aliphatic heterocycles. The van der Waals surface area contributed by atoms with Crippen molar-refractivity contribution < 1.29 is 18.9 Å². The monoisotopic (exact) mass is 802 g/mol. The van der Waals surface area contributed by atoms with Crippen molar-refractivity contribution in [3.8, 4) is 34.3 Å². The van der Waals surface area contributed by atoms with Crippen LogP contribution in [0, 0.1) is 20.8 Å². The number of pyridine rings is 4. The van der Waals surface area contributed by atoms with Crippen molar-refractivity contribution in [1.82, 2.24) is 24.5 Å². The zero-order chi connectivity index (χ0) is 38.8. The quantitative estimate of drug-likeness (QED) is 0.0757. The zero-order valence-electron chi connectivity index (χ0n) is 33.2. The summed E-state index contributed by atoms with van der Waals surface area (Å²) >= 11 is 3.67. The Balaban J connectivity index is 0.000000285. The van der Waals surface area contributed by atoms with Gasteiger partial charge in [0.2, 0.25) is 11.8 Å². The minimum Gasteiger partial charge on any atom is -0.481 e. The van der Waals surface area contributed by atoms with Gasteiger partial charge in [0.25, 0.3) is 0 Å². The lowest BCUT2D eigenvalue weighted by molar-refractivity contribution is 0.164. The summed E-state index contributed by atoms with van der Waals surface area (Å²) in [6, 6.07) is 12.7. The zero-order valence-corrected chi connectivity index (χ0v) is 34.8. The van der Waals surface area contributed by atoms with Gasteiger partial charge in [-0.1, -0.05) is 27.4 Å². The number of nitrogens with zero attached hydrogens (tertiary/aromatic N) is 6. The van der Waals surface area contributed by atoms with Gasteiger partial charge in [-0.25, -0.2) is 19.9 Å². The number of fused-ring (bicyclic) bond motifs is 1. The molecule has 5 aromatic rings. The summed E-state index contributed by atoms with van der Waals surface area (Å²) in [6.45, 7) is 20.7. The summed E-state index contributed by atoms with van der Waals surface area (Å²) in [6.07, 6.45) is 5.69. The predicted molar refractivity (Wildman–Crippen MR) is 226 cm³/mol. The third-order valence-electron chi connectivity index (χ3n) is 9.28. The van der Waals surface area contributed by atoms with Crippen LogP contribution in [0.25, 0.3) is 33.5 Å². The maximum Gasteiger partial charge on any atom is 0.213 e. The number of hydrogen-bond donors (Lipinski definition) is 0. The fourth-order valence-electron chi connectivity index (χ4n) is 6.58. The molecule has 0 spiro atoms. The Kier molecular flexibility index (Phi) is 16.6. The Morgan fingerprint density at radius 3 is 1.81 bits per heavy atom. The molecule has 5 heterocycles. The average Bonchev–Trinajstić information content (AvgIpc) is 3.48. The van der Waals surface area contributed by atoms with Crippen molar-refractivity contribution in [3.05, 3.63) is 87.9 Å². The molecule has 0 saturated carbocycles. The molecular weight excluding hydrogens is 744 g/mol. The van der Waals surface area contributed by atoms with Gasteiger partial charge in [0, 0.05) is 56.3 Å². The van der Waals surface area contributed by atoms with Crippen LogP contribution in [0.4, 0.5) is 5.69 Å². The van der Waals surface area contributed by atoms with Crippen LogP contribution in [0.2, 0.25) is 0 Å². The third-order valence-corrected chi connectivity index (χ3v) is 9.86. The summed E-state index contributed by atoms with van der Waals surface area (Å²) in [4.78, 5) is 21.3. The smallest absolute Gasteiger partial charge is 0.213 e. The van der Waals surface area contributed by atoms with E-state index in [9.17, 15) is 0 Å². The van der Waals surface area contributed by atoms with Crippen molar-refractivity contribution >= 4 is 32.7 Å². The van der Waals surface area contributed by atoms with E-state index in [1.54, 1.807) is 28.4 Å². The Bertz CT molecular complexity index is 2010. The van der Waals surface area contributed by atoms with Crippen LogP contribution < -0.4 is 14.4 Å². The van der Waals surface area contributed by atoms with Crippen molar-refractivity contribution in [3.63, 3.8) is 0 Å². The molecule has 0 amide bonds. The van der Waals surface area contributed by atoms with E-state index in [0.717, 1.165) is 79.2 Å². The van der Waals surface area contributed by atoms with Crippen molar-refractivity contribution in [2.24, 2.45) is 0 Å². The normalized spacial score (nSPS) is 12.0. The van der Waals surface area contributed by atoms with E-state index in [4.69, 9.17) is 28.9 Å². The number of halogens is 1. The van der Waals surface area contributed by atoms with Gasteiger partial charge in [-0.3, -0.25) is 0 Å². The largest absolute Gasteiger partial charge is 0.481 e.